The fourth-order valence-corrected chi connectivity index (χ4v) is 5.35. The summed E-state index contributed by atoms with van der Waals surface area (Å²) >= 11 is 9.84. The number of nitrogens with zero attached hydrogens (tertiary/aromatic N) is 2. The average Bonchev–Trinajstić information content (AvgIpc) is 2.89. The zero-order valence-electron chi connectivity index (χ0n) is 15.7. The first-order chi connectivity index (χ1) is 13.8. The maximum atomic E-state index is 12.8. The van der Waals surface area contributed by atoms with Crippen molar-refractivity contribution >= 4 is 60.7 Å². The van der Waals surface area contributed by atoms with E-state index in [-0.39, 0.29) is 15.5 Å². The van der Waals surface area contributed by atoms with Crippen LogP contribution in [0.25, 0.3) is 0 Å². The van der Waals surface area contributed by atoms with E-state index in [1.807, 2.05) is 24.0 Å². The molecule has 0 bridgehead atoms. The van der Waals surface area contributed by atoms with Gasteiger partial charge in [0.25, 0.3) is 15.9 Å². The minimum atomic E-state index is -3.89. The molecule has 29 heavy (non-hydrogen) atoms. The van der Waals surface area contributed by atoms with E-state index in [1.165, 1.54) is 6.07 Å². The second-order valence-corrected chi connectivity index (χ2v) is 10.00. The summed E-state index contributed by atoms with van der Waals surface area (Å²) in [6.07, 6.45) is 3.48. The van der Waals surface area contributed by atoms with Crippen molar-refractivity contribution in [2.24, 2.45) is 4.40 Å². The van der Waals surface area contributed by atoms with E-state index >= 15 is 0 Å². The average molecular weight is 497 g/mol. The maximum absolute atomic E-state index is 12.8. The van der Waals surface area contributed by atoms with Gasteiger partial charge in [-0.05, 0) is 55.7 Å². The molecule has 1 amide bonds. The molecule has 0 saturated carbocycles. The fraction of sp³-hybridized carbons (Fsp3) is 0.300. The van der Waals surface area contributed by atoms with Crippen molar-refractivity contribution in [2.75, 3.05) is 16.8 Å². The van der Waals surface area contributed by atoms with Gasteiger partial charge in [-0.3, -0.25) is 4.79 Å². The second kappa shape index (κ2) is 7.74. The van der Waals surface area contributed by atoms with E-state index < -0.39 is 15.9 Å². The topological polar surface area (TPSA) is 78.8 Å². The summed E-state index contributed by atoms with van der Waals surface area (Å²) < 4.78 is 30.5. The Morgan fingerprint density at radius 1 is 1.21 bits per heavy atom. The maximum Gasteiger partial charge on any atom is 0.286 e. The molecule has 9 heteroatoms. The van der Waals surface area contributed by atoms with Crippen molar-refractivity contribution < 1.29 is 13.2 Å². The normalized spacial score (nSPS) is 17.6. The molecule has 4 rings (SSSR count). The number of carbonyl (C=O) groups is 1. The van der Waals surface area contributed by atoms with E-state index in [4.69, 9.17) is 11.6 Å². The van der Waals surface area contributed by atoms with Crippen LogP contribution in [0.1, 0.15) is 41.6 Å². The Morgan fingerprint density at radius 3 is 2.76 bits per heavy atom. The first-order valence-electron chi connectivity index (χ1n) is 9.29. The van der Waals surface area contributed by atoms with E-state index in [1.54, 1.807) is 12.1 Å². The van der Waals surface area contributed by atoms with E-state index in [0.29, 0.717) is 30.2 Å². The van der Waals surface area contributed by atoms with Gasteiger partial charge in [0, 0.05) is 23.1 Å². The van der Waals surface area contributed by atoms with Crippen LogP contribution in [0.2, 0.25) is 5.02 Å². The SMILES string of the molecule is Cc1cc(NC(=O)c2cc3c(cc2Cl)N2CCCCCC2=NS3(=O)=O)ccc1Br. The summed E-state index contributed by atoms with van der Waals surface area (Å²) in [5.41, 5.74) is 2.16. The van der Waals surface area contributed by atoms with Crippen molar-refractivity contribution in [1.82, 2.24) is 0 Å². The van der Waals surface area contributed by atoms with Crippen molar-refractivity contribution in [3.63, 3.8) is 0 Å². The van der Waals surface area contributed by atoms with Crippen LogP contribution in [0.3, 0.4) is 0 Å². The minimum absolute atomic E-state index is 0.0182. The van der Waals surface area contributed by atoms with Gasteiger partial charge in [0.05, 0.1) is 16.3 Å². The third-order valence-corrected chi connectivity index (χ3v) is 7.63. The molecule has 1 N–H and O–H groups in total. The lowest BCUT2D eigenvalue weighted by atomic mass is 10.1. The number of aryl methyl sites for hydroxylation is 1. The molecule has 0 spiro atoms. The number of carbonyl (C=O) groups excluding carboxylic acids is 1. The number of hydrogen-bond donors (Lipinski definition) is 1. The molecule has 1 fully saturated rings. The molecule has 0 radical (unpaired) electrons. The monoisotopic (exact) mass is 495 g/mol. The molecular weight excluding hydrogens is 478 g/mol. The van der Waals surface area contributed by atoms with Crippen LogP contribution in [0.15, 0.2) is 44.1 Å². The third kappa shape index (κ3) is 3.93. The van der Waals surface area contributed by atoms with Crippen LogP contribution in [0.4, 0.5) is 11.4 Å². The van der Waals surface area contributed by atoms with Crippen LogP contribution in [-0.4, -0.2) is 26.7 Å². The lowest BCUT2D eigenvalue weighted by Crippen LogP contribution is -2.35. The fourth-order valence-electron chi connectivity index (χ4n) is 3.59. The number of sulfonamides is 1. The summed E-state index contributed by atoms with van der Waals surface area (Å²) in [6, 6.07) is 8.31. The van der Waals surface area contributed by atoms with Crippen LogP contribution in [0.5, 0.6) is 0 Å². The number of anilines is 2. The number of amidine groups is 1. The van der Waals surface area contributed by atoms with Crippen molar-refractivity contribution in [3.8, 4) is 0 Å². The van der Waals surface area contributed by atoms with Gasteiger partial charge in [-0.2, -0.15) is 8.42 Å². The molecule has 2 aliphatic heterocycles. The van der Waals surface area contributed by atoms with Gasteiger partial charge in [-0.25, -0.2) is 0 Å². The van der Waals surface area contributed by atoms with Crippen LogP contribution in [-0.2, 0) is 10.0 Å². The Hall–Kier alpha value is -1.90. The molecule has 0 aliphatic carbocycles. The van der Waals surface area contributed by atoms with Gasteiger partial charge < -0.3 is 10.2 Å². The van der Waals surface area contributed by atoms with Gasteiger partial charge in [-0.1, -0.05) is 34.0 Å². The number of benzene rings is 2. The Labute approximate surface area is 183 Å². The Balaban J connectivity index is 1.73. The number of amides is 1. The molecule has 0 atom stereocenters. The van der Waals surface area contributed by atoms with Gasteiger partial charge in [0.1, 0.15) is 10.7 Å². The second-order valence-electron chi connectivity index (χ2n) is 7.16. The Kier molecular flexibility index (Phi) is 5.44. The highest BCUT2D eigenvalue weighted by atomic mass is 79.9. The number of fused-ring (bicyclic) bond motifs is 3. The van der Waals surface area contributed by atoms with Gasteiger partial charge in [0.2, 0.25) is 0 Å². The summed E-state index contributed by atoms with van der Waals surface area (Å²) in [6.45, 7) is 2.59. The van der Waals surface area contributed by atoms with E-state index in [2.05, 4.69) is 25.6 Å². The number of halogens is 2. The quantitative estimate of drug-likeness (QED) is 0.624. The zero-order chi connectivity index (χ0) is 20.8. The molecule has 1 saturated heterocycles. The van der Waals surface area contributed by atoms with Gasteiger partial charge in [-0.15, -0.1) is 4.40 Å². The number of nitrogens with one attached hydrogen (secondary N) is 1. The molecule has 2 aromatic carbocycles. The predicted octanol–water partition coefficient (Wildman–Crippen LogP) is 5.14. The number of rotatable bonds is 2. The highest BCUT2D eigenvalue weighted by Crippen LogP contribution is 2.38. The molecule has 6 nitrogen and oxygen atoms in total. The summed E-state index contributed by atoms with van der Waals surface area (Å²) in [4.78, 5) is 14.7. The summed E-state index contributed by atoms with van der Waals surface area (Å²) in [7, 11) is -3.89. The molecule has 2 aliphatic rings. The largest absolute Gasteiger partial charge is 0.328 e. The molecule has 152 valence electrons. The number of hydrogen-bond acceptors (Lipinski definition) is 4. The molecule has 0 unspecified atom stereocenters. The first-order valence-corrected chi connectivity index (χ1v) is 11.9. The highest BCUT2D eigenvalue weighted by Gasteiger charge is 2.33. The molecule has 0 aromatic heterocycles. The Morgan fingerprint density at radius 2 is 2.00 bits per heavy atom. The van der Waals surface area contributed by atoms with Gasteiger partial charge >= 0.3 is 0 Å². The van der Waals surface area contributed by atoms with Crippen molar-refractivity contribution in [1.29, 1.82) is 0 Å². The van der Waals surface area contributed by atoms with Crippen LogP contribution >= 0.6 is 27.5 Å². The summed E-state index contributed by atoms with van der Waals surface area (Å²) in [5.74, 6) is 0.0778. The van der Waals surface area contributed by atoms with E-state index in [9.17, 15) is 13.2 Å². The van der Waals surface area contributed by atoms with Gasteiger partial charge in [0.15, 0.2) is 0 Å². The third-order valence-electron chi connectivity index (χ3n) is 5.10. The van der Waals surface area contributed by atoms with E-state index in [0.717, 1.165) is 29.3 Å². The predicted molar refractivity (Wildman–Crippen MR) is 119 cm³/mol. The standard InChI is InChI=1S/C20H19BrClN3O3S/c1-12-9-13(6-7-15(12)21)23-20(26)14-10-18-17(11-16(14)22)25-8-4-2-3-5-19(25)24-29(18,27)28/h6-7,9-11H,2-5,8H2,1H3,(H,23,26). The lowest BCUT2D eigenvalue weighted by Gasteiger charge is -2.30. The van der Waals surface area contributed by atoms with Crippen LogP contribution in [0, 0.1) is 6.92 Å². The van der Waals surface area contributed by atoms with Crippen molar-refractivity contribution in [2.45, 2.75) is 37.5 Å². The lowest BCUT2D eigenvalue weighted by molar-refractivity contribution is 0.102. The van der Waals surface area contributed by atoms with Crippen molar-refractivity contribution in [3.05, 3.63) is 51.0 Å². The molecular formula is C20H19BrClN3O3S. The minimum Gasteiger partial charge on any atom is -0.328 e. The Bertz CT molecular complexity index is 1150. The molecule has 2 aromatic rings. The smallest absolute Gasteiger partial charge is 0.286 e. The molecule has 2 heterocycles. The summed E-state index contributed by atoms with van der Waals surface area (Å²) in [5, 5.41) is 2.98. The highest BCUT2D eigenvalue weighted by molar-refractivity contribution is 9.10. The first kappa shape index (κ1) is 20.4. The van der Waals surface area contributed by atoms with Crippen LogP contribution < -0.4 is 10.2 Å². The zero-order valence-corrected chi connectivity index (χ0v) is 18.9.